The van der Waals surface area contributed by atoms with E-state index in [9.17, 15) is 14.4 Å². The van der Waals surface area contributed by atoms with Crippen molar-refractivity contribution >= 4 is 11.8 Å². The van der Waals surface area contributed by atoms with Crippen LogP contribution in [0.4, 0.5) is 0 Å². The van der Waals surface area contributed by atoms with Crippen LogP contribution in [-0.2, 0) is 4.79 Å². The zero-order valence-electron chi connectivity index (χ0n) is 15.6. The number of aromatic amines is 1. The molecule has 1 saturated heterocycles. The van der Waals surface area contributed by atoms with Gasteiger partial charge in [-0.15, -0.1) is 0 Å². The lowest BCUT2D eigenvalue weighted by Gasteiger charge is -2.39. The number of aromatic nitrogens is 2. The van der Waals surface area contributed by atoms with Gasteiger partial charge >= 0.3 is 0 Å². The fourth-order valence-corrected chi connectivity index (χ4v) is 3.31. The van der Waals surface area contributed by atoms with Crippen molar-refractivity contribution in [2.75, 3.05) is 20.1 Å². The van der Waals surface area contributed by atoms with Gasteiger partial charge in [-0.25, -0.2) is 0 Å². The summed E-state index contributed by atoms with van der Waals surface area (Å²) in [5.41, 5.74) is 1.62. The standard InChI is InChI=1S/C20H24N4O3/c1-3-4-5-17-20(27)23(2)10-11-24(17)19(26)15-8-6-14(7-9-15)16-12-21-13-18(25)22-16/h6-9,12-13,17H,3-5,10-11H2,1-2H3,(H,22,25)/t17-/m1/s1. The van der Waals surface area contributed by atoms with Gasteiger partial charge in [0.25, 0.3) is 11.5 Å². The van der Waals surface area contributed by atoms with E-state index in [4.69, 9.17) is 0 Å². The van der Waals surface area contributed by atoms with Crippen LogP contribution >= 0.6 is 0 Å². The molecule has 0 unspecified atom stereocenters. The zero-order chi connectivity index (χ0) is 19.4. The zero-order valence-corrected chi connectivity index (χ0v) is 15.6. The topological polar surface area (TPSA) is 86.4 Å². The van der Waals surface area contributed by atoms with E-state index in [2.05, 4.69) is 16.9 Å². The minimum absolute atomic E-state index is 0.00704. The Labute approximate surface area is 158 Å². The molecule has 3 rings (SSSR count). The largest absolute Gasteiger partial charge is 0.342 e. The van der Waals surface area contributed by atoms with Gasteiger partial charge in [-0.2, -0.15) is 0 Å². The molecule has 1 N–H and O–H groups in total. The molecule has 0 aliphatic carbocycles. The van der Waals surface area contributed by atoms with Crippen LogP contribution in [0.3, 0.4) is 0 Å². The maximum absolute atomic E-state index is 13.0. The Bertz CT molecular complexity index is 875. The molecule has 7 heteroatoms. The molecule has 27 heavy (non-hydrogen) atoms. The molecule has 0 bridgehead atoms. The number of nitrogens with one attached hydrogen (secondary N) is 1. The van der Waals surface area contributed by atoms with Gasteiger partial charge in [-0.3, -0.25) is 19.4 Å². The fourth-order valence-electron chi connectivity index (χ4n) is 3.31. The van der Waals surface area contributed by atoms with Crippen LogP contribution in [0, 0.1) is 0 Å². The highest BCUT2D eigenvalue weighted by molar-refractivity contribution is 5.98. The molecule has 2 amide bonds. The molecule has 7 nitrogen and oxygen atoms in total. The first-order valence-corrected chi connectivity index (χ1v) is 9.22. The average Bonchev–Trinajstić information content (AvgIpc) is 2.69. The maximum Gasteiger partial charge on any atom is 0.266 e. The number of rotatable bonds is 5. The smallest absolute Gasteiger partial charge is 0.266 e. The highest BCUT2D eigenvalue weighted by atomic mass is 16.2. The minimum atomic E-state index is -0.398. The van der Waals surface area contributed by atoms with Gasteiger partial charge in [0.1, 0.15) is 6.04 Å². The normalized spacial score (nSPS) is 17.3. The van der Waals surface area contributed by atoms with E-state index in [0.29, 0.717) is 30.8 Å². The van der Waals surface area contributed by atoms with Gasteiger partial charge in [0.2, 0.25) is 5.91 Å². The second kappa shape index (κ2) is 8.16. The summed E-state index contributed by atoms with van der Waals surface area (Å²) in [4.78, 5) is 47.0. The number of unbranched alkanes of at least 4 members (excludes halogenated alkanes) is 1. The molecular formula is C20H24N4O3. The van der Waals surface area contributed by atoms with E-state index in [1.165, 1.54) is 6.20 Å². The van der Waals surface area contributed by atoms with Crippen LogP contribution in [0.25, 0.3) is 11.3 Å². The average molecular weight is 368 g/mol. The Balaban J connectivity index is 1.81. The van der Waals surface area contributed by atoms with E-state index >= 15 is 0 Å². The van der Waals surface area contributed by atoms with Crippen LogP contribution < -0.4 is 5.56 Å². The van der Waals surface area contributed by atoms with Crippen molar-refractivity contribution in [1.82, 2.24) is 19.8 Å². The summed E-state index contributed by atoms with van der Waals surface area (Å²) in [6, 6.07) is 6.61. The number of benzene rings is 1. The van der Waals surface area contributed by atoms with E-state index in [-0.39, 0.29) is 17.4 Å². The summed E-state index contributed by atoms with van der Waals surface area (Å²) < 4.78 is 0. The summed E-state index contributed by atoms with van der Waals surface area (Å²) in [7, 11) is 1.78. The van der Waals surface area contributed by atoms with Gasteiger partial charge in [0, 0.05) is 25.7 Å². The van der Waals surface area contributed by atoms with Crippen LogP contribution in [-0.4, -0.2) is 57.8 Å². The van der Waals surface area contributed by atoms with E-state index < -0.39 is 6.04 Å². The number of likely N-dealkylation sites (N-methyl/N-ethyl adjacent to an activating group) is 1. The molecule has 0 spiro atoms. The monoisotopic (exact) mass is 368 g/mol. The molecule has 1 aromatic heterocycles. The second-order valence-electron chi connectivity index (χ2n) is 6.80. The van der Waals surface area contributed by atoms with E-state index in [1.807, 2.05) is 0 Å². The van der Waals surface area contributed by atoms with Crippen LogP contribution in [0.15, 0.2) is 41.5 Å². The number of piperazine rings is 1. The van der Waals surface area contributed by atoms with Crippen molar-refractivity contribution in [3.63, 3.8) is 0 Å². The van der Waals surface area contributed by atoms with Crippen molar-refractivity contribution in [3.05, 3.63) is 52.6 Å². The molecule has 1 fully saturated rings. The summed E-state index contributed by atoms with van der Waals surface area (Å²) in [5.74, 6) is -0.128. The van der Waals surface area contributed by atoms with Gasteiger partial charge < -0.3 is 14.8 Å². The van der Waals surface area contributed by atoms with Crippen molar-refractivity contribution in [1.29, 1.82) is 0 Å². The van der Waals surface area contributed by atoms with Gasteiger partial charge in [-0.05, 0) is 24.1 Å². The summed E-state index contributed by atoms with van der Waals surface area (Å²) in [6.07, 6.45) is 5.34. The third-order valence-corrected chi connectivity index (χ3v) is 4.90. The number of amides is 2. The fraction of sp³-hybridized carbons (Fsp3) is 0.400. The molecule has 1 atom stereocenters. The first kappa shape index (κ1) is 18.8. The molecule has 0 radical (unpaired) electrons. The SMILES string of the molecule is CCCC[C@@H]1C(=O)N(C)CCN1C(=O)c1ccc(-c2cncc(=O)[nH]2)cc1. The van der Waals surface area contributed by atoms with Crippen molar-refractivity contribution in [2.24, 2.45) is 0 Å². The summed E-state index contributed by atoms with van der Waals surface area (Å²) in [5, 5.41) is 0. The molecule has 2 aromatic rings. The number of carbonyl (C=O) groups excluding carboxylic acids is 2. The predicted molar refractivity (Wildman–Crippen MR) is 102 cm³/mol. The second-order valence-corrected chi connectivity index (χ2v) is 6.80. The van der Waals surface area contributed by atoms with Crippen LogP contribution in [0.1, 0.15) is 36.5 Å². The summed E-state index contributed by atoms with van der Waals surface area (Å²) in [6.45, 7) is 3.15. The molecular weight excluding hydrogens is 344 g/mol. The molecule has 142 valence electrons. The number of hydrogen-bond donors (Lipinski definition) is 1. The van der Waals surface area contributed by atoms with E-state index in [1.54, 1.807) is 47.3 Å². The first-order valence-electron chi connectivity index (χ1n) is 9.22. The van der Waals surface area contributed by atoms with Crippen LogP contribution in [0.2, 0.25) is 0 Å². The predicted octanol–water partition coefficient (Wildman–Crippen LogP) is 1.91. The van der Waals surface area contributed by atoms with Crippen molar-refractivity contribution in [2.45, 2.75) is 32.2 Å². The van der Waals surface area contributed by atoms with E-state index in [0.717, 1.165) is 18.4 Å². The number of hydrogen-bond acceptors (Lipinski definition) is 4. The highest BCUT2D eigenvalue weighted by Gasteiger charge is 2.35. The Morgan fingerprint density at radius 3 is 2.59 bits per heavy atom. The lowest BCUT2D eigenvalue weighted by molar-refractivity contribution is -0.138. The molecule has 0 saturated carbocycles. The lowest BCUT2D eigenvalue weighted by atomic mass is 10.0. The summed E-state index contributed by atoms with van der Waals surface area (Å²) >= 11 is 0. The highest BCUT2D eigenvalue weighted by Crippen LogP contribution is 2.21. The lowest BCUT2D eigenvalue weighted by Crippen LogP contribution is -2.57. The van der Waals surface area contributed by atoms with Gasteiger partial charge in [0.15, 0.2) is 0 Å². The number of H-pyrrole nitrogens is 1. The number of carbonyl (C=O) groups is 2. The maximum atomic E-state index is 13.0. The third-order valence-electron chi connectivity index (χ3n) is 4.90. The Kier molecular flexibility index (Phi) is 5.69. The molecule has 1 aromatic carbocycles. The van der Waals surface area contributed by atoms with Crippen LogP contribution in [0.5, 0.6) is 0 Å². The van der Waals surface area contributed by atoms with Crippen molar-refractivity contribution < 1.29 is 9.59 Å². The Hall–Kier alpha value is -2.96. The first-order chi connectivity index (χ1) is 13.0. The number of nitrogens with zero attached hydrogens (tertiary/aromatic N) is 3. The Morgan fingerprint density at radius 2 is 1.93 bits per heavy atom. The third kappa shape index (κ3) is 4.07. The minimum Gasteiger partial charge on any atom is -0.342 e. The Morgan fingerprint density at radius 1 is 1.19 bits per heavy atom. The van der Waals surface area contributed by atoms with Crippen molar-refractivity contribution in [3.8, 4) is 11.3 Å². The van der Waals surface area contributed by atoms with Gasteiger partial charge in [-0.1, -0.05) is 31.9 Å². The van der Waals surface area contributed by atoms with Gasteiger partial charge in [0.05, 0.1) is 18.1 Å². The molecule has 1 aliphatic heterocycles. The molecule has 1 aliphatic rings. The molecule has 2 heterocycles. The quantitative estimate of drug-likeness (QED) is 0.873.